The average Bonchev–Trinajstić information content (AvgIpc) is 2.80. The Bertz CT molecular complexity index is 780. The molecule has 0 unspecified atom stereocenters. The molecule has 7 heteroatoms. The van der Waals surface area contributed by atoms with Crippen molar-refractivity contribution in [1.29, 1.82) is 0 Å². The number of rotatable bonds is 4. The molecule has 1 aliphatic heterocycles. The van der Waals surface area contributed by atoms with Crippen LogP contribution in [0.15, 0.2) is 42.5 Å². The van der Waals surface area contributed by atoms with Crippen molar-refractivity contribution in [3.8, 4) is 11.5 Å². The number of amides is 1. The van der Waals surface area contributed by atoms with Crippen LogP contribution in [-0.2, 0) is 4.79 Å². The van der Waals surface area contributed by atoms with E-state index in [-0.39, 0.29) is 17.4 Å². The molecule has 2 aromatic rings. The van der Waals surface area contributed by atoms with E-state index in [0.717, 1.165) is 5.56 Å². The van der Waals surface area contributed by atoms with Crippen LogP contribution in [0.1, 0.15) is 12.5 Å². The first-order chi connectivity index (χ1) is 11.3. The van der Waals surface area contributed by atoms with Gasteiger partial charge in [-0.1, -0.05) is 12.1 Å². The lowest BCUT2D eigenvalue weighted by Crippen LogP contribution is -2.31. The molecule has 1 amide bonds. The zero-order chi connectivity index (χ0) is 17.3. The van der Waals surface area contributed by atoms with Gasteiger partial charge in [-0.05, 0) is 43.7 Å². The fourth-order valence-electron chi connectivity index (χ4n) is 2.33. The molecular weight excluding hydrogens is 318 g/mol. The number of hydrogen-bond donors (Lipinski definition) is 2. The molecule has 1 heterocycles. The molecular formula is C17H16F2N2O3. The summed E-state index contributed by atoms with van der Waals surface area (Å²) >= 11 is 0. The van der Waals surface area contributed by atoms with Crippen LogP contribution in [0, 0.1) is 6.92 Å². The van der Waals surface area contributed by atoms with Gasteiger partial charge < -0.3 is 20.1 Å². The van der Waals surface area contributed by atoms with Gasteiger partial charge in [0, 0.05) is 17.4 Å². The van der Waals surface area contributed by atoms with Gasteiger partial charge >= 0.3 is 6.29 Å². The Balaban J connectivity index is 1.65. The summed E-state index contributed by atoms with van der Waals surface area (Å²) in [6.45, 7) is 3.60. The van der Waals surface area contributed by atoms with Crippen LogP contribution in [0.2, 0.25) is 0 Å². The Morgan fingerprint density at radius 2 is 1.83 bits per heavy atom. The van der Waals surface area contributed by atoms with Gasteiger partial charge in [-0.3, -0.25) is 4.79 Å². The number of carbonyl (C=O) groups excluding carboxylic acids is 1. The zero-order valence-corrected chi connectivity index (χ0v) is 13.1. The Morgan fingerprint density at radius 1 is 1.08 bits per heavy atom. The summed E-state index contributed by atoms with van der Waals surface area (Å²) in [6, 6.07) is 11.1. The molecule has 0 aromatic heterocycles. The highest BCUT2D eigenvalue weighted by Gasteiger charge is 2.43. The van der Waals surface area contributed by atoms with Crippen molar-refractivity contribution in [2.75, 3.05) is 10.6 Å². The first kappa shape index (κ1) is 16.0. The lowest BCUT2D eigenvalue weighted by atomic mass is 10.2. The second-order valence-corrected chi connectivity index (χ2v) is 5.55. The Hall–Kier alpha value is -2.83. The number of nitrogens with one attached hydrogen (secondary N) is 2. The quantitative estimate of drug-likeness (QED) is 0.894. The van der Waals surface area contributed by atoms with E-state index in [1.807, 2.05) is 25.1 Å². The summed E-state index contributed by atoms with van der Waals surface area (Å²) < 4.78 is 34.7. The van der Waals surface area contributed by atoms with E-state index in [9.17, 15) is 13.6 Å². The zero-order valence-electron chi connectivity index (χ0n) is 13.1. The molecule has 5 nitrogen and oxygen atoms in total. The van der Waals surface area contributed by atoms with Gasteiger partial charge in [0.15, 0.2) is 11.5 Å². The van der Waals surface area contributed by atoms with E-state index >= 15 is 0 Å². The minimum atomic E-state index is -3.66. The molecule has 2 N–H and O–H groups in total. The van der Waals surface area contributed by atoms with Crippen molar-refractivity contribution in [2.45, 2.75) is 26.2 Å². The van der Waals surface area contributed by atoms with Crippen LogP contribution in [0.4, 0.5) is 20.2 Å². The first-order valence-corrected chi connectivity index (χ1v) is 7.36. The van der Waals surface area contributed by atoms with E-state index in [0.29, 0.717) is 11.4 Å². The Kier molecular flexibility index (Phi) is 4.01. The Labute approximate surface area is 137 Å². The van der Waals surface area contributed by atoms with Gasteiger partial charge in [-0.25, -0.2) is 0 Å². The topological polar surface area (TPSA) is 59.6 Å². The standard InChI is InChI=1S/C17H16F2N2O3/c1-10-4-3-5-12(8-10)21-16(22)11(2)20-13-6-7-14-15(9-13)24-17(18,19)23-14/h3-9,11,20H,1-2H3,(H,21,22)/t11-/m0/s1. The summed E-state index contributed by atoms with van der Waals surface area (Å²) in [5.74, 6) is -0.359. The van der Waals surface area contributed by atoms with E-state index in [1.165, 1.54) is 12.1 Å². The maximum atomic E-state index is 13.0. The lowest BCUT2D eigenvalue weighted by Gasteiger charge is -2.15. The molecule has 0 saturated carbocycles. The summed E-state index contributed by atoms with van der Waals surface area (Å²) in [4.78, 5) is 12.2. The molecule has 24 heavy (non-hydrogen) atoms. The smallest absolute Gasteiger partial charge is 0.395 e. The van der Waals surface area contributed by atoms with Crippen LogP contribution in [0.5, 0.6) is 11.5 Å². The van der Waals surface area contributed by atoms with Crippen molar-refractivity contribution in [3.63, 3.8) is 0 Å². The summed E-state index contributed by atoms with van der Waals surface area (Å²) in [5, 5.41) is 5.73. The molecule has 0 radical (unpaired) electrons. The van der Waals surface area contributed by atoms with E-state index in [1.54, 1.807) is 19.1 Å². The molecule has 3 rings (SSSR count). The molecule has 0 bridgehead atoms. The minimum Gasteiger partial charge on any atom is -0.395 e. The number of alkyl halides is 2. The highest BCUT2D eigenvalue weighted by molar-refractivity contribution is 5.96. The normalized spacial score (nSPS) is 15.7. The fraction of sp³-hybridized carbons (Fsp3) is 0.235. The van der Waals surface area contributed by atoms with Crippen molar-refractivity contribution >= 4 is 17.3 Å². The summed E-state index contributed by atoms with van der Waals surface area (Å²) in [5.41, 5.74) is 2.20. The number of anilines is 2. The number of hydrogen-bond acceptors (Lipinski definition) is 4. The summed E-state index contributed by atoms with van der Waals surface area (Å²) in [7, 11) is 0. The van der Waals surface area contributed by atoms with Gasteiger partial charge in [0.05, 0.1) is 0 Å². The van der Waals surface area contributed by atoms with E-state index in [4.69, 9.17) is 0 Å². The Morgan fingerprint density at radius 3 is 2.58 bits per heavy atom. The van der Waals surface area contributed by atoms with Gasteiger partial charge in [-0.2, -0.15) is 0 Å². The molecule has 1 aliphatic rings. The number of halogens is 2. The van der Waals surface area contributed by atoms with E-state index in [2.05, 4.69) is 20.1 Å². The molecule has 1 atom stereocenters. The number of aryl methyl sites for hydroxylation is 1. The first-order valence-electron chi connectivity index (χ1n) is 7.36. The second kappa shape index (κ2) is 5.99. The minimum absolute atomic E-state index is 0.0394. The third-order valence-electron chi connectivity index (χ3n) is 3.46. The predicted octanol–water partition coefficient (Wildman–Crippen LogP) is 3.76. The SMILES string of the molecule is Cc1cccc(NC(=O)[C@H](C)Nc2ccc3c(c2)OC(F)(F)O3)c1. The molecule has 0 spiro atoms. The number of carbonyl (C=O) groups is 1. The van der Waals surface area contributed by atoms with Crippen molar-refractivity contribution < 1.29 is 23.0 Å². The van der Waals surface area contributed by atoms with E-state index < -0.39 is 12.3 Å². The third-order valence-corrected chi connectivity index (χ3v) is 3.46. The second-order valence-electron chi connectivity index (χ2n) is 5.55. The van der Waals surface area contributed by atoms with Gasteiger partial charge in [0.1, 0.15) is 6.04 Å². The van der Waals surface area contributed by atoms with Crippen molar-refractivity contribution in [1.82, 2.24) is 0 Å². The summed E-state index contributed by atoms with van der Waals surface area (Å²) in [6.07, 6.45) is -3.66. The van der Waals surface area contributed by atoms with Crippen molar-refractivity contribution in [2.24, 2.45) is 0 Å². The molecule has 0 saturated heterocycles. The predicted molar refractivity (Wildman–Crippen MR) is 85.5 cm³/mol. The number of benzene rings is 2. The molecule has 0 fully saturated rings. The fourth-order valence-corrected chi connectivity index (χ4v) is 2.33. The van der Waals surface area contributed by atoms with Crippen LogP contribution >= 0.6 is 0 Å². The number of ether oxygens (including phenoxy) is 2. The highest BCUT2D eigenvalue weighted by atomic mass is 19.3. The van der Waals surface area contributed by atoms with Crippen LogP contribution in [0.25, 0.3) is 0 Å². The third kappa shape index (κ3) is 3.56. The molecule has 0 aliphatic carbocycles. The molecule has 126 valence electrons. The monoisotopic (exact) mass is 334 g/mol. The highest BCUT2D eigenvalue weighted by Crippen LogP contribution is 2.42. The van der Waals surface area contributed by atoms with Crippen LogP contribution in [-0.4, -0.2) is 18.2 Å². The average molecular weight is 334 g/mol. The number of fused-ring (bicyclic) bond motifs is 1. The van der Waals surface area contributed by atoms with Crippen LogP contribution in [0.3, 0.4) is 0 Å². The molecule has 2 aromatic carbocycles. The van der Waals surface area contributed by atoms with Crippen LogP contribution < -0.4 is 20.1 Å². The van der Waals surface area contributed by atoms with Gasteiger partial charge in [0.2, 0.25) is 5.91 Å². The lowest BCUT2D eigenvalue weighted by molar-refractivity contribution is -0.286. The van der Waals surface area contributed by atoms with Gasteiger partial charge in [-0.15, -0.1) is 8.78 Å². The largest absolute Gasteiger partial charge is 0.586 e. The maximum absolute atomic E-state index is 13.0. The van der Waals surface area contributed by atoms with Crippen molar-refractivity contribution in [3.05, 3.63) is 48.0 Å². The maximum Gasteiger partial charge on any atom is 0.586 e. The van der Waals surface area contributed by atoms with Gasteiger partial charge in [0.25, 0.3) is 0 Å².